The lowest BCUT2D eigenvalue weighted by molar-refractivity contribution is -0.137. The van der Waals surface area contributed by atoms with Crippen LogP contribution in [0.15, 0.2) is 18.2 Å². The second kappa shape index (κ2) is 4.14. The highest BCUT2D eigenvalue weighted by Crippen LogP contribution is 2.35. The standard InChI is InChI=1S/C8H5ClF3NS/c9-7-3-5(13-4-14)1-2-6(7)8(10,11)12/h1-4H,(H,13,14). The van der Waals surface area contributed by atoms with E-state index < -0.39 is 11.7 Å². The summed E-state index contributed by atoms with van der Waals surface area (Å²) in [5, 5.41) is 2.22. The highest BCUT2D eigenvalue weighted by atomic mass is 35.5. The van der Waals surface area contributed by atoms with Crippen LogP contribution in [0, 0.1) is 0 Å². The zero-order valence-corrected chi connectivity index (χ0v) is 8.30. The normalized spacial score (nSPS) is 11.1. The Bertz CT molecular complexity index is 351. The van der Waals surface area contributed by atoms with Crippen LogP contribution >= 0.6 is 23.8 Å². The molecule has 0 unspecified atom stereocenters. The van der Waals surface area contributed by atoms with Crippen LogP contribution in [0.5, 0.6) is 0 Å². The van der Waals surface area contributed by atoms with Crippen molar-refractivity contribution in [3.8, 4) is 0 Å². The number of halogens is 4. The van der Waals surface area contributed by atoms with E-state index in [2.05, 4.69) is 17.5 Å². The van der Waals surface area contributed by atoms with Gasteiger partial charge in [-0.25, -0.2) is 0 Å². The number of hydrogen-bond acceptors (Lipinski definition) is 1. The molecule has 1 aromatic rings. The van der Waals surface area contributed by atoms with Crippen molar-refractivity contribution in [2.24, 2.45) is 0 Å². The van der Waals surface area contributed by atoms with Crippen LogP contribution in [0.2, 0.25) is 5.02 Å². The monoisotopic (exact) mass is 239 g/mol. The Morgan fingerprint density at radius 1 is 1.36 bits per heavy atom. The van der Waals surface area contributed by atoms with Crippen LogP contribution in [0.1, 0.15) is 5.56 Å². The summed E-state index contributed by atoms with van der Waals surface area (Å²) in [4.78, 5) is 0. The summed E-state index contributed by atoms with van der Waals surface area (Å²) in [6.07, 6.45) is -4.42. The van der Waals surface area contributed by atoms with Crippen LogP contribution in [0.25, 0.3) is 0 Å². The Labute approximate surface area is 88.9 Å². The van der Waals surface area contributed by atoms with Gasteiger partial charge in [-0.3, -0.25) is 0 Å². The molecule has 0 spiro atoms. The van der Waals surface area contributed by atoms with Gasteiger partial charge < -0.3 is 5.32 Å². The van der Waals surface area contributed by atoms with Crippen LogP contribution < -0.4 is 5.32 Å². The number of nitrogens with one attached hydrogen (secondary N) is 1. The third kappa shape index (κ3) is 2.59. The van der Waals surface area contributed by atoms with Gasteiger partial charge in [-0.1, -0.05) is 23.8 Å². The van der Waals surface area contributed by atoms with Crippen molar-refractivity contribution in [3.05, 3.63) is 28.8 Å². The molecule has 6 heteroatoms. The van der Waals surface area contributed by atoms with Crippen LogP contribution in [0.4, 0.5) is 18.9 Å². The molecular formula is C8H5ClF3NS. The van der Waals surface area contributed by atoms with Crippen molar-refractivity contribution in [1.82, 2.24) is 0 Å². The Hall–Kier alpha value is -0.810. The molecule has 0 aliphatic rings. The van der Waals surface area contributed by atoms with E-state index in [1.165, 1.54) is 17.6 Å². The van der Waals surface area contributed by atoms with E-state index >= 15 is 0 Å². The molecule has 76 valence electrons. The summed E-state index contributed by atoms with van der Waals surface area (Å²) < 4.78 is 36.7. The molecule has 1 aromatic carbocycles. The van der Waals surface area contributed by atoms with Gasteiger partial charge in [-0.05, 0) is 18.2 Å². The summed E-state index contributed by atoms with van der Waals surface area (Å²) in [5.74, 6) is 0. The second-order valence-corrected chi connectivity index (χ2v) is 3.10. The van der Waals surface area contributed by atoms with Gasteiger partial charge in [-0.2, -0.15) is 13.2 Å². The van der Waals surface area contributed by atoms with E-state index in [4.69, 9.17) is 11.6 Å². The van der Waals surface area contributed by atoms with Gasteiger partial charge in [0.2, 0.25) is 0 Å². The quantitative estimate of drug-likeness (QED) is 0.790. The van der Waals surface area contributed by atoms with Crippen LogP contribution in [0.3, 0.4) is 0 Å². The summed E-state index contributed by atoms with van der Waals surface area (Å²) in [7, 11) is 0. The Kier molecular flexibility index (Phi) is 3.34. The fraction of sp³-hybridized carbons (Fsp3) is 0.125. The molecule has 0 saturated carbocycles. The van der Waals surface area contributed by atoms with E-state index in [0.717, 1.165) is 6.07 Å². The number of alkyl halides is 3. The minimum atomic E-state index is -4.42. The van der Waals surface area contributed by atoms with Gasteiger partial charge >= 0.3 is 6.18 Å². The molecule has 0 atom stereocenters. The predicted octanol–water partition coefficient (Wildman–Crippen LogP) is 3.73. The molecule has 1 N–H and O–H groups in total. The van der Waals surface area contributed by atoms with E-state index in [0.29, 0.717) is 5.69 Å². The van der Waals surface area contributed by atoms with Crippen molar-refractivity contribution >= 4 is 35.0 Å². The minimum absolute atomic E-state index is 0.348. The average molecular weight is 240 g/mol. The van der Waals surface area contributed by atoms with Gasteiger partial charge in [0.25, 0.3) is 0 Å². The van der Waals surface area contributed by atoms with E-state index in [1.807, 2.05) is 0 Å². The fourth-order valence-electron chi connectivity index (χ4n) is 0.903. The lowest BCUT2D eigenvalue weighted by Gasteiger charge is -2.09. The molecule has 0 aliphatic heterocycles. The van der Waals surface area contributed by atoms with Crippen LogP contribution in [-0.4, -0.2) is 5.49 Å². The Morgan fingerprint density at radius 2 is 2.00 bits per heavy atom. The average Bonchev–Trinajstić information content (AvgIpc) is 2.02. The first-order valence-corrected chi connectivity index (χ1v) is 4.37. The zero-order chi connectivity index (χ0) is 10.8. The molecule has 0 fully saturated rings. The number of hydrogen-bond donors (Lipinski definition) is 1. The van der Waals surface area contributed by atoms with E-state index in [-0.39, 0.29) is 5.02 Å². The third-order valence-corrected chi connectivity index (χ3v) is 1.93. The Morgan fingerprint density at radius 3 is 2.43 bits per heavy atom. The second-order valence-electron chi connectivity index (χ2n) is 2.45. The number of rotatable bonds is 2. The van der Waals surface area contributed by atoms with Crippen molar-refractivity contribution in [2.45, 2.75) is 6.18 Å². The molecule has 14 heavy (non-hydrogen) atoms. The first kappa shape index (κ1) is 11.3. The van der Waals surface area contributed by atoms with Gasteiger partial charge in [0.1, 0.15) is 0 Å². The fourth-order valence-corrected chi connectivity index (χ4v) is 1.33. The smallest absolute Gasteiger partial charge is 0.353 e. The zero-order valence-electron chi connectivity index (χ0n) is 6.73. The van der Waals surface area contributed by atoms with Gasteiger partial charge in [0.05, 0.1) is 16.1 Å². The molecule has 0 bridgehead atoms. The summed E-state index contributed by atoms with van der Waals surface area (Å²) in [6.45, 7) is 0. The molecule has 0 radical (unpaired) electrons. The first-order valence-electron chi connectivity index (χ1n) is 3.52. The maximum atomic E-state index is 12.2. The summed E-state index contributed by atoms with van der Waals surface area (Å²) in [6, 6.07) is 3.34. The molecule has 0 aliphatic carbocycles. The van der Waals surface area contributed by atoms with Crippen molar-refractivity contribution in [3.63, 3.8) is 0 Å². The molecular weight excluding hydrogens is 235 g/mol. The molecule has 1 nitrogen and oxygen atoms in total. The maximum Gasteiger partial charge on any atom is 0.417 e. The van der Waals surface area contributed by atoms with Gasteiger partial charge in [-0.15, -0.1) is 0 Å². The molecule has 0 saturated heterocycles. The highest BCUT2D eigenvalue weighted by molar-refractivity contribution is 7.79. The number of thiocarbonyl (C=S) groups is 1. The van der Waals surface area contributed by atoms with Crippen molar-refractivity contribution < 1.29 is 13.2 Å². The SMILES string of the molecule is FC(F)(F)c1ccc(NC=S)cc1Cl. The first-order chi connectivity index (χ1) is 6.45. The van der Waals surface area contributed by atoms with E-state index in [9.17, 15) is 13.2 Å². The lowest BCUT2D eigenvalue weighted by Crippen LogP contribution is -2.06. The lowest BCUT2D eigenvalue weighted by atomic mass is 10.2. The molecule has 1 rings (SSSR count). The Balaban J connectivity index is 3.07. The minimum Gasteiger partial charge on any atom is -0.353 e. The molecule has 0 aromatic heterocycles. The van der Waals surface area contributed by atoms with Gasteiger partial charge in [0, 0.05) is 5.69 Å². The van der Waals surface area contributed by atoms with Crippen molar-refractivity contribution in [1.29, 1.82) is 0 Å². The molecule has 0 amide bonds. The largest absolute Gasteiger partial charge is 0.417 e. The van der Waals surface area contributed by atoms with Gasteiger partial charge in [0.15, 0.2) is 0 Å². The third-order valence-electron chi connectivity index (χ3n) is 1.50. The topological polar surface area (TPSA) is 12.0 Å². The predicted molar refractivity (Wildman–Crippen MR) is 53.7 cm³/mol. The maximum absolute atomic E-state index is 12.2. The highest BCUT2D eigenvalue weighted by Gasteiger charge is 2.32. The number of benzene rings is 1. The van der Waals surface area contributed by atoms with E-state index in [1.54, 1.807) is 0 Å². The molecule has 0 heterocycles. The summed E-state index contributed by atoms with van der Waals surface area (Å²) >= 11 is 9.92. The van der Waals surface area contributed by atoms with Crippen LogP contribution in [-0.2, 0) is 6.18 Å². The summed E-state index contributed by atoms with van der Waals surface area (Å²) in [5.41, 5.74) is 0.769. The number of anilines is 1. The van der Waals surface area contributed by atoms with Crippen molar-refractivity contribution in [2.75, 3.05) is 5.32 Å².